The topological polar surface area (TPSA) is 17.8 Å². The van der Waals surface area contributed by atoms with Crippen LogP contribution in [-0.4, -0.2) is 9.55 Å². The molecular formula is C9H6Cl2N2. The van der Waals surface area contributed by atoms with Crippen LogP contribution in [0.15, 0.2) is 36.7 Å². The molecule has 0 radical (unpaired) electrons. The van der Waals surface area contributed by atoms with E-state index in [4.69, 9.17) is 23.2 Å². The average Bonchev–Trinajstić information content (AvgIpc) is 2.53. The van der Waals surface area contributed by atoms with E-state index in [-0.39, 0.29) is 0 Å². The summed E-state index contributed by atoms with van der Waals surface area (Å²) < 4.78 is 1.78. The summed E-state index contributed by atoms with van der Waals surface area (Å²) in [6.45, 7) is 0. The van der Waals surface area contributed by atoms with Crippen molar-refractivity contribution in [2.45, 2.75) is 0 Å². The molecule has 0 atom stereocenters. The fraction of sp³-hybridized carbons (Fsp3) is 0. The second kappa shape index (κ2) is 3.40. The minimum absolute atomic E-state index is 0.447. The molecule has 4 heteroatoms. The van der Waals surface area contributed by atoms with Gasteiger partial charge in [-0.1, -0.05) is 11.6 Å². The van der Waals surface area contributed by atoms with Gasteiger partial charge in [-0.15, -0.1) is 0 Å². The Morgan fingerprint density at radius 1 is 1.08 bits per heavy atom. The molecule has 0 aliphatic heterocycles. The molecule has 0 saturated heterocycles. The van der Waals surface area contributed by atoms with Crippen LogP contribution in [0.3, 0.4) is 0 Å². The first kappa shape index (κ1) is 8.60. The van der Waals surface area contributed by atoms with Crippen LogP contribution in [0.25, 0.3) is 5.69 Å². The highest BCUT2D eigenvalue weighted by atomic mass is 35.5. The van der Waals surface area contributed by atoms with Crippen LogP contribution in [0.5, 0.6) is 0 Å². The van der Waals surface area contributed by atoms with E-state index in [2.05, 4.69) is 4.98 Å². The largest absolute Gasteiger partial charge is 0.291 e. The average molecular weight is 213 g/mol. The summed E-state index contributed by atoms with van der Waals surface area (Å²) in [5.74, 6) is 0. The lowest BCUT2D eigenvalue weighted by molar-refractivity contribution is 1.06. The minimum atomic E-state index is 0.447. The molecule has 0 bridgehead atoms. The fourth-order valence-electron chi connectivity index (χ4n) is 1.08. The zero-order chi connectivity index (χ0) is 9.26. The van der Waals surface area contributed by atoms with Crippen molar-refractivity contribution in [2.24, 2.45) is 0 Å². The third-order valence-corrected chi connectivity index (χ3v) is 2.23. The molecule has 2 rings (SSSR count). The maximum absolute atomic E-state index is 5.83. The van der Waals surface area contributed by atoms with Crippen LogP contribution < -0.4 is 0 Å². The minimum Gasteiger partial charge on any atom is -0.291 e. The van der Waals surface area contributed by atoms with Gasteiger partial charge in [0.15, 0.2) is 0 Å². The second-order valence-electron chi connectivity index (χ2n) is 2.54. The quantitative estimate of drug-likeness (QED) is 0.711. The van der Waals surface area contributed by atoms with E-state index in [1.807, 2.05) is 24.3 Å². The van der Waals surface area contributed by atoms with E-state index >= 15 is 0 Å². The van der Waals surface area contributed by atoms with Crippen LogP contribution in [-0.2, 0) is 0 Å². The first-order valence-corrected chi connectivity index (χ1v) is 4.48. The van der Waals surface area contributed by atoms with Crippen LogP contribution in [0.4, 0.5) is 0 Å². The van der Waals surface area contributed by atoms with E-state index in [1.165, 1.54) is 0 Å². The number of rotatable bonds is 1. The highest BCUT2D eigenvalue weighted by molar-refractivity contribution is 6.30. The summed E-state index contributed by atoms with van der Waals surface area (Å²) in [7, 11) is 0. The van der Waals surface area contributed by atoms with E-state index in [0.29, 0.717) is 10.3 Å². The Labute approximate surface area is 85.7 Å². The highest BCUT2D eigenvalue weighted by Gasteiger charge is 2.00. The molecule has 2 nitrogen and oxygen atoms in total. The highest BCUT2D eigenvalue weighted by Crippen LogP contribution is 2.16. The second-order valence-corrected chi connectivity index (χ2v) is 3.32. The SMILES string of the molecule is Clc1ccc(-n2ccnc2Cl)cc1. The number of imidazole rings is 1. The summed E-state index contributed by atoms with van der Waals surface area (Å²) >= 11 is 11.6. The lowest BCUT2D eigenvalue weighted by Crippen LogP contribution is -1.90. The van der Waals surface area contributed by atoms with Crippen molar-refractivity contribution in [1.82, 2.24) is 9.55 Å². The van der Waals surface area contributed by atoms with Crippen molar-refractivity contribution in [3.8, 4) is 5.69 Å². The molecule has 1 aromatic carbocycles. The molecule has 0 aliphatic rings. The number of aromatic nitrogens is 2. The molecular weight excluding hydrogens is 207 g/mol. The molecule has 1 aromatic heterocycles. The van der Waals surface area contributed by atoms with Gasteiger partial charge in [0.25, 0.3) is 0 Å². The molecule has 0 amide bonds. The third kappa shape index (κ3) is 1.69. The Balaban J connectivity index is 2.47. The number of halogens is 2. The van der Waals surface area contributed by atoms with E-state index in [9.17, 15) is 0 Å². The van der Waals surface area contributed by atoms with Crippen molar-refractivity contribution < 1.29 is 0 Å². The maximum atomic E-state index is 5.83. The van der Waals surface area contributed by atoms with Gasteiger partial charge in [0.2, 0.25) is 5.28 Å². The number of hydrogen-bond acceptors (Lipinski definition) is 1. The van der Waals surface area contributed by atoms with Crippen molar-refractivity contribution >= 4 is 23.2 Å². The molecule has 0 spiro atoms. The molecule has 0 fully saturated rings. The molecule has 0 aliphatic carbocycles. The van der Waals surface area contributed by atoms with E-state index in [1.54, 1.807) is 17.0 Å². The van der Waals surface area contributed by atoms with Gasteiger partial charge in [0, 0.05) is 23.1 Å². The first-order chi connectivity index (χ1) is 6.27. The Hall–Kier alpha value is -0.990. The predicted octanol–water partition coefficient (Wildman–Crippen LogP) is 3.18. The Kier molecular flexibility index (Phi) is 2.25. The monoisotopic (exact) mass is 212 g/mol. The van der Waals surface area contributed by atoms with Gasteiger partial charge in [-0.2, -0.15) is 0 Å². The molecule has 1 heterocycles. The maximum Gasteiger partial charge on any atom is 0.207 e. The standard InChI is InChI=1S/C9H6Cl2N2/c10-7-1-3-8(4-2-7)13-6-5-12-9(13)11/h1-6H. The lowest BCUT2D eigenvalue weighted by atomic mass is 10.3. The van der Waals surface area contributed by atoms with Crippen LogP contribution in [0.1, 0.15) is 0 Å². The van der Waals surface area contributed by atoms with Crippen LogP contribution in [0.2, 0.25) is 10.3 Å². The lowest BCUT2D eigenvalue weighted by Gasteiger charge is -2.02. The first-order valence-electron chi connectivity index (χ1n) is 3.72. The van der Waals surface area contributed by atoms with Gasteiger partial charge in [0.1, 0.15) is 0 Å². The van der Waals surface area contributed by atoms with Crippen LogP contribution in [0, 0.1) is 0 Å². The Bertz CT molecular complexity index is 406. The van der Waals surface area contributed by atoms with Crippen molar-refractivity contribution in [3.05, 3.63) is 47.0 Å². The van der Waals surface area contributed by atoms with Gasteiger partial charge in [-0.3, -0.25) is 4.57 Å². The zero-order valence-corrected chi connectivity index (χ0v) is 8.13. The molecule has 0 unspecified atom stereocenters. The zero-order valence-electron chi connectivity index (χ0n) is 6.61. The van der Waals surface area contributed by atoms with Crippen molar-refractivity contribution in [2.75, 3.05) is 0 Å². The smallest absolute Gasteiger partial charge is 0.207 e. The Morgan fingerprint density at radius 3 is 2.31 bits per heavy atom. The number of nitrogens with zero attached hydrogens (tertiary/aromatic N) is 2. The summed E-state index contributed by atoms with van der Waals surface area (Å²) in [5.41, 5.74) is 0.951. The van der Waals surface area contributed by atoms with E-state index in [0.717, 1.165) is 5.69 Å². The van der Waals surface area contributed by atoms with Crippen molar-refractivity contribution in [1.29, 1.82) is 0 Å². The van der Waals surface area contributed by atoms with Crippen molar-refractivity contribution in [3.63, 3.8) is 0 Å². The molecule has 66 valence electrons. The van der Waals surface area contributed by atoms with Gasteiger partial charge in [0.05, 0.1) is 0 Å². The summed E-state index contributed by atoms with van der Waals surface area (Å²) in [4.78, 5) is 3.91. The van der Waals surface area contributed by atoms with Gasteiger partial charge in [-0.25, -0.2) is 4.98 Å². The normalized spacial score (nSPS) is 10.3. The molecule has 0 saturated carbocycles. The molecule has 2 aromatic rings. The summed E-state index contributed by atoms with van der Waals surface area (Å²) in [6.07, 6.45) is 3.45. The fourth-order valence-corrected chi connectivity index (χ4v) is 1.42. The number of benzene rings is 1. The molecule has 13 heavy (non-hydrogen) atoms. The Morgan fingerprint density at radius 2 is 1.77 bits per heavy atom. The molecule has 0 N–H and O–H groups in total. The van der Waals surface area contributed by atoms with Gasteiger partial charge >= 0.3 is 0 Å². The third-order valence-electron chi connectivity index (χ3n) is 1.70. The summed E-state index contributed by atoms with van der Waals surface area (Å²) in [6, 6.07) is 7.40. The van der Waals surface area contributed by atoms with Gasteiger partial charge < -0.3 is 0 Å². The summed E-state index contributed by atoms with van der Waals surface area (Å²) in [5, 5.41) is 1.15. The van der Waals surface area contributed by atoms with Crippen LogP contribution >= 0.6 is 23.2 Å². The van der Waals surface area contributed by atoms with E-state index < -0.39 is 0 Å². The predicted molar refractivity (Wildman–Crippen MR) is 53.6 cm³/mol. The van der Waals surface area contributed by atoms with Gasteiger partial charge in [-0.05, 0) is 35.9 Å². The number of hydrogen-bond donors (Lipinski definition) is 0.